The summed E-state index contributed by atoms with van der Waals surface area (Å²) >= 11 is 6.38. The number of benzene rings is 2. The fourth-order valence-electron chi connectivity index (χ4n) is 2.23. The number of rotatable bonds is 3. The van der Waals surface area contributed by atoms with E-state index in [0.717, 1.165) is 0 Å². The standard InChI is InChI=1S/C15H11ClFNO3/c1-20-11-4-2-3-9(17)13(11)14(16)8-5-6-10-12(7-8)21-15(19)18-10/h2-7,14H,1H3,(H,18,19). The van der Waals surface area contributed by atoms with Gasteiger partial charge in [0.25, 0.3) is 0 Å². The molecular weight excluding hydrogens is 297 g/mol. The minimum Gasteiger partial charge on any atom is -0.496 e. The monoisotopic (exact) mass is 307 g/mol. The van der Waals surface area contributed by atoms with Crippen LogP contribution in [0.3, 0.4) is 0 Å². The highest BCUT2D eigenvalue weighted by Gasteiger charge is 2.20. The molecule has 1 atom stereocenters. The summed E-state index contributed by atoms with van der Waals surface area (Å²) in [6.45, 7) is 0. The lowest BCUT2D eigenvalue weighted by molar-refractivity contribution is 0.405. The zero-order valence-corrected chi connectivity index (χ0v) is 11.8. The molecule has 4 nitrogen and oxygen atoms in total. The number of methoxy groups -OCH3 is 1. The predicted molar refractivity (Wildman–Crippen MR) is 77.5 cm³/mol. The fraction of sp³-hybridized carbons (Fsp3) is 0.133. The van der Waals surface area contributed by atoms with E-state index >= 15 is 0 Å². The van der Waals surface area contributed by atoms with Gasteiger partial charge in [-0.3, -0.25) is 4.98 Å². The van der Waals surface area contributed by atoms with Crippen LogP contribution in [0.5, 0.6) is 5.75 Å². The Morgan fingerprint density at radius 3 is 2.90 bits per heavy atom. The van der Waals surface area contributed by atoms with Gasteiger partial charge in [0.05, 0.1) is 23.6 Å². The number of ether oxygens (including phenoxy) is 1. The van der Waals surface area contributed by atoms with Gasteiger partial charge in [-0.05, 0) is 29.8 Å². The molecule has 0 bridgehead atoms. The lowest BCUT2D eigenvalue weighted by atomic mass is 10.0. The number of H-pyrrole nitrogens is 1. The summed E-state index contributed by atoms with van der Waals surface area (Å²) in [5, 5.41) is -0.759. The molecule has 3 aromatic rings. The van der Waals surface area contributed by atoms with Crippen molar-refractivity contribution in [1.29, 1.82) is 0 Å². The van der Waals surface area contributed by atoms with Crippen LogP contribution < -0.4 is 10.5 Å². The summed E-state index contributed by atoms with van der Waals surface area (Å²) in [6.07, 6.45) is 0. The fourth-order valence-corrected chi connectivity index (χ4v) is 2.57. The van der Waals surface area contributed by atoms with Gasteiger partial charge in [0, 0.05) is 0 Å². The first-order valence-corrected chi connectivity index (χ1v) is 6.63. The maximum Gasteiger partial charge on any atom is 0.417 e. The van der Waals surface area contributed by atoms with Crippen molar-refractivity contribution in [3.8, 4) is 5.75 Å². The average molecular weight is 308 g/mol. The second-order valence-electron chi connectivity index (χ2n) is 4.49. The summed E-state index contributed by atoms with van der Waals surface area (Å²) in [6, 6.07) is 9.49. The predicted octanol–water partition coefficient (Wildman–Crippen LogP) is 3.60. The number of aromatic amines is 1. The van der Waals surface area contributed by atoms with E-state index in [1.807, 2.05) is 0 Å². The van der Waals surface area contributed by atoms with Gasteiger partial charge in [0.15, 0.2) is 5.58 Å². The smallest absolute Gasteiger partial charge is 0.417 e. The van der Waals surface area contributed by atoms with Gasteiger partial charge in [0.2, 0.25) is 0 Å². The molecule has 0 aliphatic carbocycles. The van der Waals surface area contributed by atoms with Crippen LogP contribution >= 0.6 is 11.6 Å². The van der Waals surface area contributed by atoms with Crippen molar-refractivity contribution < 1.29 is 13.5 Å². The number of aromatic nitrogens is 1. The molecule has 0 saturated carbocycles. The number of alkyl halides is 1. The molecule has 108 valence electrons. The van der Waals surface area contributed by atoms with Crippen LogP contribution in [-0.2, 0) is 0 Å². The maximum atomic E-state index is 14.0. The van der Waals surface area contributed by atoms with Gasteiger partial charge in [-0.25, -0.2) is 9.18 Å². The largest absolute Gasteiger partial charge is 0.496 e. The highest BCUT2D eigenvalue weighted by Crippen LogP contribution is 2.37. The first-order chi connectivity index (χ1) is 10.1. The highest BCUT2D eigenvalue weighted by molar-refractivity contribution is 6.23. The average Bonchev–Trinajstić information content (AvgIpc) is 2.85. The molecule has 3 rings (SSSR count). The zero-order valence-electron chi connectivity index (χ0n) is 11.0. The molecule has 0 spiro atoms. The number of hydrogen-bond donors (Lipinski definition) is 1. The normalized spacial score (nSPS) is 12.5. The Labute approximate surface area is 124 Å². The Balaban J connectivity index is 2.11. The topological polar surface area (TPSA) is 55.2 Å². The first-order valence-electron chi connectivity index (χ1n) is 6.19. The SMILES string of the molecule is COc1cccc(F)c1C(Cl)c1ccc2[nH]c(=O)oc2c1. The number of nitrogens with one attached hydrogen (secondary N) is 1. The Bertz CT molecular complexity index is 855. The van der Waals surface area contributed by atoms with Crippen LogP contribution in [0, 0.1) is 5.82 Å². The van der Waals surface area contributed by atoms with E-state index in [-0.39, 0.29) is 5.56 Å². The van der Waals surface area contributed by atoms with Crippen molar-refractivity contribution >= 4 is 22.7 Å². The van der Waals surface area contributed by atoms with E-state index < -0.39 is 17.0 Å². The Hall–Kier alpha value is -2.27. The second kappa shape index (κ2) is 5.26. The van der Waals surface area contributed by atoms with Gasteiger partial charge in [-0.15, -0.1) is 11.6 Å². The number of hydrogen-bond acceptors (Lipinski definition) is 3. The van der Waals surface area contributed by atoms with Crippen molar-refractivity contribution in [3.63, 3.8) is 0 Å². The summed E-state index contributed by atoms with van der Waals surface area (Å²) in [5.74, 6) is -0.632. The molecule has 21 heavy (non-hydrogen) atoms. The molecule has 6 heteroatoms. The Kier molecular flexibility index (Phi) is 3.43. The van der Waals surface area contributed by atoms with E-state index in [9.17, 15) is 9.18 Å². The van der Waals surface area contributed by atoms with Gasteiger partial charge in [-0.2, -0.15) is 0 Å². The van der Waals surface area contributed by atoms with Crippen LogP contribution in [-0.4, -0.2) is 12.1 Å². The molecule has 1 aromatic heterocycles. The number of oxazole rings is 1. The molecule has 0 saturated heterocycles. The quantitative estimate of drug-likeness (QED) is 0.752. The molecule has 1 unspecified atom stereocenters. The minimum atomic E-state index is -0.759. The molecule has 0 radical (unpaired) electrons. The van der Waals surface area contributed by atoms with Crippen LogP contribution in [0.15, 0.2) is 45.6 Å². The maximum absolute atomic E-state index is 14.0. The molecule has 0 aliphatic rings. The third-order valence-electron chi connectivity index (χ3n) is 3.22. The summed E-state index contributed by atoms with van der Waals surface area (Å²) in [5.41, 5.74) is 1.79. The van der Waals surface area contributed by atoms with E-state index in [1.54, 1.807) is 30.3 Å². The van der Waals surface area contributed by atoms with E-state index in [0.29, 0.717) is 22.4 Å². The lowest BCUT2D eigenvalue weighted by Crippen LogP contribution is -2.00. The molecular formula is C15H11ClFNO3. The number of fused-ring (bicyclic) bond motifs is 1. The third kappa shape index (κ3) is 2.40. The summed E-state index contributed by atoms with van der Waals surface area (Å²) in [7, 11) is 1.45. The zero-order chi connectivity index (χ0) is 15.0. The molecule has 0 fully saturated rings. The minimum absolute atomic E-state index is 0.249. The van der Waals surface area contributed by atoms with Crippen molar-refractivity contribution in [2.45, 2.75) is 5.38 Å². The highest BCUT2D eigenvalue weighted by atomic mass is 35.5. The van der Waals surface area contributed by atoms with Gasteiger partial charge >= 0.3 is 5.76 Å². The van der Waals surface area contributed by atoms with Gasteiger partial charge in [0.1, 0.15) is 11.6 Å². The second-order valence-corrected chi connectivity index (χ2v) is 4.92. The van der Waals surface area contributed by atoms with Crippen molar-refractivity contribution in [2.24, 2.45) is 0 Å². The van der Waals surface area contributed by atoms with E-state index in [4.69, 9.17) is 20.8 Å². The van der Waals surface area contributed by atoms with E-state index in [2.05, 4.69) is 4.98 Å². The number of halogens is 2. The van der Waals surface area contributed by atoms with E-state index in [1.165, 1.54) is 13.2 Å². The van der Waals surface area contributed by atoms with Gasteiger partial charge < -0.3 is 9.15 Å². The van der Waals surface area contributed by atoms with Crippen LogP contribution in [0.4, 0.5) is 4.39 Å². The molecule has 1 N–H and O–H groups in total. The molecule has 0 aliphatic heterocycles. The van der Waals surface area contributed by atoms with Crippen LogP contribution in [0.2, 0.25) is 0 Å². The molecule has 0 amide bonds. The van der Waals surface area contributed by atoms with Gasteiger partial charge in [-0.1, -0.05) is 12.1 Å². The summed E-state index contributed by atoms with van der Waals surface area (Å²) < 4.78 is 24.2. The van der Waals surface area contributed by atoms with Crippen LogP contribution in [0.25, 0.3) is 11.1 Å². The van der Waals surface area contributed by atoms with Crippen molar-refractivity contribution in [3.05, 3.63) is 63.9 Å². The van der Waals surface area contributed by atoms with Crippen LogP contribution in [0.1, 0.15) is 16.5 Å². The molecule has 2 aromatic carbocycles. The van der Waals surface area contributed by atoms with Crippen molar-refractivity contribution in [2.75, 3.05) is 7.11 Å². The molecule has 1 heterocycles. The Morgan fingerprint density at radius 1 is 1.33 bits per heavy atom. The van der Waals surface area contributed by atoms with Crippen molar-refractivity contribution in [1.82, 2.24) is 4.98 Å². The first kappa shape index (κ1) is 13.7. The lowest BCUT2D eigenvalue weighted by Gasteiger charge is -2.15. The Morgan fingerprint density at radius 2 is 2.14 bits per heavy atom. The summed E-state index contributed by atoms with van der Waals surface area (Å²) in [4.78, 5) is 13.7. The third-order valence-corrected chi connectivity index (χ3v) is 3.69.